The van der Waals surface area contributed by atoms with Crippen molar-refractivity contribution in [3.05, 3.63) is 29.8 Å². The normalized spacial score (nSPS) is 18.2. The first-order chi connectivity index (χ1) is 12.4. The molecule has 0 radical (unpaired) electrons. The van der Waals surface area contributed by atoms with Gasteiger partial charge in [-0.3, -0.25) is 4.99 Å². The summed E-state index contributed by atoms with van der Waals surface area (Å²) in [6, 6.07) is 8.97. The van der Waals surface area contributed by atoms with Crippen molar-refractivity contribution in [3.8, 4) is 0 Å². The Kier molecular flexibility index (Phi) is 7.71. The molecule has 1 aromatic rings. The van der Waals surface area contributed by atoms with Gasteiger partial charge in [-0.05, 0) is 38.8 Å². The molecule has 7 nitrogen and oxygen atoms in total. The van der Waals surface area contributed by atoms with Crippen LogP contribution in [0.3, 0.4) is 0 Å². The Balaban J connectivity index is 1.71. The maximum absolute atomic E-state index is 11.4. The van der Waals surface area contributed by atoms with E-state index in [4.69, 9.17) is 0 Å². The number of anilines is 1. The molecule has 0 spiro atoms. The van der Waals surface area contributed by atoms with Crippen molar-refractivity contribution >= 4 is 21.7 Å². The van der Waals surface area contributed by atoms with Crippen molar-refractivity contribution < 1.29 is 8.42 Å². The summed E-state index contributed by atoms with van der Waals surface area (Å²) < 4.78 is 25.3. The van der Waals surface area contributed by atoms with Gasteiger partial charge in [0.15, 0.2) is 5.96 Å². The summed E-state index contributed by atoms with van der Waals surface area (Å²) in [4.78, 5) is 6.64. The van der Waals surface area contributed by atoms with E-state index in [2.05, 4.69) is 56.4 Å². The van der Waals surface area contributed by atoms with Gasteiger partial charge in [0.25, 0.3) is 0 Å². The van der Waals surface area contributed by atoms with Crippen LogP contribution in [0.4, 0.5) is 5.69 Å². The van der Waals surface area contributed by atoms with E-state index in [1.807, 2.05) is 0 Å². The van der Waals surface area contributed by atoms with Crippen molar-refractivity contribution in [1.29, 1.82) is 0 Å². The Morgan fingerprint density at radius 1 is 1.27 bits per heavy atom. The third kappa shape index (κ3) is 6.49. The molecular weight excluding hydrogens is 350 g/mol. The van der Waals surface area contributed by atoms with Gasteiger partial charge in [0, 0.05) is 45.0 Å². The van der Waals surface area contributed by atoms with Gasteiger partial charge in [-0.1, -0.05) is 17.7 Å². The monoisotopic (exact) mass is 381 g/mol. The zero-order chi connectivity index (χ0) is 19.0. The molecule has 1 saturated heterocycles. The molecule has 1 aliphatic heterocycles. The van der Waals surface area contributed by atoms with Crippen LogP contribution in [-0.4, -0.2) is 59.4 Å². The first-order valence-electron chi connectivity index (χ1n) is 9.19. The van der Waals surface area contributed by atoms with Crippen LogP contribution >= 0.6 is 0 Å². The van der Waals surface area contributed by atoms with Crippen LogP contribution in [0, 0.1) is 6.92 Å². The van der Waals surface area contributed by atoms with Crippen molar-refractivity contribution in [2.24, 2.45) is 4.99 Å². The largest absolute Gasteiger partial charge is 0.369 e. The highest BCUT2D eigenvalue weighted by molar-refractivity contribution is 7.89. The molecule has 1 atom stereocenters. The van der Waals surface area contributed by atoms with Crippen LogP contribution < -0.4 is 20.3 Å². The minimum absolute atomic E-state index is 0.114. The number of hydrogen-bond acceptors (Lipinski definition) is 4. The molecule has 1 heterocycles. The number of hydrogen-bond donors (Lipinski definition) is 3. The predicted molar refractivity (Wildman–Crippen MR) is 108 cm³/mol. The summed E-state index contributed by atoms with van der Waals surface area (Å²) in [6.45, 7) is 6.80. The molecule has 146 valence electrons. The summed E-state index contributed by atoms with van der Waals surface area (Å²) in [5.74, 6) is 0.877. The van der Waals surface area contributed by atoms with Gasteiger partial charge in [-0.25, -0.2) is 13.1 Å². The fraction of sp³-hybridized carbons (Fsp3) is 0.611. The van der Waals surface area contributed by atoms with E-state index in [-0.39, 0.29) is 5.75 Å². The lowest BCUT2D eigenvalue weighted by atomic mass is 10.2. The number of nitrogens with one attached hydrogen (secondary N) is 3. The maximum Gasteiger partial charge on any atom is 0.211 e. The first kappa shape index (κ1) is 20.5. The molecule has 1 aliphatic rings. The molecule has 1 fully saturated rings. The molecule has 8 heteroatoms. The molecule has 0 bridgehead atoms. The number of benzene rings is 1. The van der Waals surface area contributed by atoms with Gasteiger partial charge in [0.2, 0.25) is 10.0 Å². The van der Waals surface area contributed by atoms with Crippen LogP contribution in [-0.2, 0) is 10.0 Å². The topological polar surface area (TPSA) is 85.8 Å². The van der Waals surface area contributed by atoms with Gasteiger partial charge < -0.3 is 15.5 Å². The van der Waals surface area contributed by atoms with Crippen molar-refractivity contribution in [2.45, 2.75) is 32.7 Å². The van der Waals surface area contributed by atoms with E-state index in [1.54, 1.807) is 14.0 Å². The van der Waals surface area contributed by atoms with E-state index in [1.165, 1.54) is 11.3 Å². The van der Waals surface area contributed by atoms with Crippen LogP contribution in [0.25, 0.3) is 0 Å². The zero-order valence-electron chi connectivity index (χ0n) is 16.0. The molecule has 0 amide bonds. The van der Waals surface area contributed by atoms with Crippen LogP contribution in [0.5, 0.6) is 0 Å². The molecular formula is C18H31N5O2S. The Labute approximate surface area is 157 Å². The van der Waals surface area contributed by atoms with Gasteiger partial charge in [0.1, 0.15) is 0 Å². The highest BCUT2D eigenvalue weighted by Crippen LogP contribution is 2.20. The van der Waals surface area contributed by atoms with Gasteiger partial charge >= 0.3 is 0 Å². The van der Waals surface area contributed by atoms with Crippen molar-refractivity contribution in [3.63, 3.8) is 0 Å². The Hall–Kier alpha value is -1.80. The number of nitrogens with zero attached hydrogens (tertiary/aromatic N) is 2. The standard InChI is InChI=1S/C18H31N5O2S/c1-4-26(24,25)21-12-5-11-20-18(19-3)22-16-10-13-23(14-16)17-8-6-15(2)7-9-17/h6-9,16,21H,4-5,10-14H2,1-3H3,(H2,19,20,22). The average molecular weight is 382 g/mol. The fourth-order valence-electron chi connectivity index (χ4n) is 2.88. The predicted octanol–water partition coefficient (Wildman–Crippen LogP) is 1.07. The van der Waals surface area contributed by atoms with Crippen LogP contribution in [0.1, 0.15) is 25.3 Å². The second-order valence-corrected chi connectivity index (χ2v) is 8.66. The number of sulfonamides is 1. The summed E-state index contributed by atoms with van der Waals surface area (Å²) in [5, 5.41) is 6.70. The molecule has 0 aliphatic carbocycles. The lowest BCUT2D eigenvalue weighted by Gasteiger charge is -2.20. The Bertz CT molecular complexity index is 688. The molecule has 3 N–H and O–H groups in total. The molecule has 1 aromatic carbocycles. The second-order valence-electron chi connectivity index (χ2n) is 6.56. The highest BCUT2D eigenvalue weighted by Gasteiger charge is 2.23. The van der Waals surface area contributed by atoms with Crippen molar-refractivity contribution in [1.82, 2.24) is 15.4 Å². The minimum atomic E-state index is -3.11. The number of aryl methyl sites for hydroxylation is 1. The molecule has 26 heavy (non-hydrogen) atoms. The first-order valence-corrected chi connectivity index (χ1v) is 10.8. The maximum atomic E-state index is 11.4. The van der Waals surface area contributed by atoms with Gasteiger partial charge in [-0.15, -0.1) is 0 Å². The highest BCUT2D eigenvalue weighted by atomic mass is 32.2. The van der Waals surface area contributed by atoms with Gasteiger partial charge in [-0.2, -0.15) is 0 Å². The summed E-state index contributed by atoms with van der Waals surface area (Å²) >= 11 is 0. The quantitative estimate of drug-likeness (QED) is 0.356. The Morgan fingerprint density at radius 2 is 2.00 bits per heavy atom. The number of guanidine groups is 1. The summed E-state index contributed by atoms with van der Waals surface area (Å²) in [5.41, 5.74) is 2.53. The second kappa shape index (κ2) is 9.78. The average Bonchev–Trinajstić information content (AvgIpc) is 3.09. The molecule has 0 aromatic heterocycles. The van der Waals surface area contributed by atoms with Crippen molar-refractivity contribution in [2.75, 3.05) is 43.9 Å². The summed E-state index contributed by atoms with van der Waals surface area (Å²) in [6.07, 6.45) is 1.77. The SMILES string of the molecule is CCS(=O)(=O)NCCCNC(=NC)NC1CCN(c2ccc(C)cc2)C1. The van der Waals surface area contributed by atoms with E-state index in [9.17, 15) is 8.42 Å². The smallest absolute Gasteiger partial charge is 0.211 e. The number of aliphatic imine (C=N–C) groups is 1. The van der Waals surface area contributed by atoms with Crippen LogP contribution in [0.15, 0.2) is 29.3 Å². The third-order valence-corrected chi connectivity index (χ3v) is 5.90. The lowest BCUT2D eigenvalue weighted by Crippen LogP contribution is -2.45. The van der Waals surface area contributed by atoms with E-state index >= 15 is 0 Å². The van der Waals surface area contributed by atoms with Crippen LogP contribution in [0.2, 0.25) is 0 Å². The number of rotatable bonds is 8. The zero-order valence-corrected chi connectivity index (χ0v) is 16.8. The fourth-order valence-corrected chi connectivity index (χ4v) is 3.54. The molecule has 0 saturated carbocycles. The Morgan fingerprint density at radius 3 is 2.65 bits per heavy atom. The van der Waals surface area contributed by atoms with E-state index in [0.29, 0.717) is 25.6 Å². The molecule has 2 rings (SSSR count). The summed E-state index contributed by atoms with van der Waals surface area (Å²) in [7, 11) is -1.36. The van der Waals surface area contributed by atoms with E-state index in [0.717, 1.165) is 25.5 Å². The minimum Gasteiger partial charge on any atom is -0.369 e. The third-order valence-electron chi connectivity index (χ3n) is 4.50. The lowest BCUT2D eigenvalue weighted by molar-refractivity contribution is 0.579. The molecule has 1 unspecified atom stereocenters. The van der Waals surface area contributed by atoms with Gasteiger partial charge in [0.05, 0.1) is 5.75 Å². The van der Waals surface area contributed by atoms with E-state index < -0.39 is 10.0 Å².